The van der Waals surface area contributed by atoms with Crippen LogP contribution in [0.15, 0.2) is 54.7 Å². The molecule has 1 aromatic carbocycles. The molecule has 3 heterocycles. The molecule has 116 valence electrons. The molecule has 0 saturated heterocycles. The molecule has 4 rings (SSSR count). The maximum absolute atomic E-state index is 12.2. The summed E-state index contributed by atoms with van der Waals surface area (Å²) in [6.07, 6.45) is 1.22. The van der Waals surface area contributed by atoms with Crippen molar-refractivity contribution in [3.8, 4) is 11.5 Å². The first-order valence-electron chi connectivity index (χ1n) is 7.39. The molecule has 6 nitrogen and oxygen atoms in total. The van der Waals surface area contributed by atoms with Gasteiger partial charge < -0.3 is 14.8 Å². The van der Waals surface area contributed by atoms with Gasteiger partial charge in [-0.25, -0.2) is 4.52 Å². The zero-order valence-corrected chi connectivity index (χ0v) is 12.3. The molecule has 3 aromatic rings. The SMILES string of the molecule is O=C(NCc1cc2ccccn2n1)C1COc2ccccc2O1. The predicted molar refractivity (Wildman–Crippen MR) is 83.4 cm³/mol. The summed E-state index contributed by atoms with van der Waals surface area (Å²) in [6, 6.07) is 15.1. The molecule has 0 radical (unpaired) electrons. The van der Waals surface area contributed by atoms with Crippen LogP contribution >= 0.6 is 0 Å². The minimum Gasteiger partial charge on any atom is -0.485 e. The van der Waals surface area contributed by atoms with Crippen molar-refractivity contribution < 1.29 is 14.3 Å². The van der Waals surface area contributed by atoms with Gasteiger partial charge in [-0.05, 0) is 30.3 Å². The molecule has 2 aromatic heterocycles. The normalized spacial score (nSPS) is 16.3. The molecule has 0 saturated carbocycles. The summed E-state index contributed by atoms with van der Waals surface area (Å²) < 4.78 is 13.0. The molecule has 0 bridgehead atoms. The van der Waals surface area contributed by atoms with E-state index in [1.165, 1.54) is 0 Å². The number of rotatable bonds is 3. The molecular formula is C17H15N3O3. The smallest absolute Gasteiger partial charge is 0.265 e. The second kappa shape index (κ2) is 5.64. The van der Waals surface area contributed by atoms with E-state index >= 15 is 0 Å². The van der Waals surface area contributed by atoms with Gasteiger partial charge in [0, 0.05) is 6.20 Å². The summed E-state index contributed by atoms with van der Waals surface area (Å²) in [6.45, 7) is 0.552. The fraction of sp³-hybridized carbons (Fsp3) is 0.176. The minimum absolute atomic E-state index is 0.202. The van der Waals surface area contributed by atoms with E-state index in [0.717, 1.165) is 11.2 Å². The second-order valence-corrected chi connectivity index (χ2v) is 5.29. The highest BCUT2D eigenvalue weighted by Crippen LogP contribution is 2.30. The number of benzene rings is 1. The van der Waals surface area contributed by atoms with Gasteiger partial charge in [0.2, 0.25) is 6.10 Å². The van der Waals surface area contributed by atoms with Gasteiger partial charge in [-0.3, -0.25) is 4.79 Å². The van der Waals surface area contributed by atoms with E-state index in [1.54, 1.807) is 10.6 Å². The van der Waals surface area contributed by atoms with Crippen LogP contribution in [-0.2, 0) is 11.3 Å². The van der Waals surface area contributed by atoms with Crippen molar-refractivity contribution in [2.24, 2.45) is 0 Å². The van der Waals surface area contributed by atoms with Crippen molar-refractivity contribution in [1.82, 2.24) is 14.9 Å². The maximum Gasteiger partial charge on any atom is 0.265 e. The molecular weight excluding hydrogens is 294 g/mol. The zero-order chi connectivity index (χ0) is 15.6. The van der Waals surface area contributed by atoms with Crippen LogP contribution in [0.1, 0.15) is 5.69 Å². The number of carbonyl (C=O) groups excluding carboxylic acids is 1. The molecule has 6 heteroatoms. The molecule has 1 N–H and O–H groups in total. The van der Waals surface area contributed by atoms with Crippen molar-refractivity contribution in [1.29, 1.82) is 0 Å². The van der Waals surface area contributed by atoms with Crippen LogP contribution in [0.4, 0.5) is 0 Å². The second-order valence-electron chi connectivity index (χ2n) is 5.29. The number of aromatic nitrogens is 2. The number of hydrogen-bond donors (Lipinski definition) is 1. The third-order valence-electron chi connectivity index (χ3n) is 3.67. The Morgan fingerprint density at radius 1 is 1.22 bits per heavy atom. The molecule has 1 aliphatic heterocycles. The number of nitrogens with zero attached hydrogens (tertiary/aromatic N) is 2. The fourth-order valence-electron chi connectivity index (χ4n) is 2.52. The topological polar surface area (TPSA) is 64.9 Å². The van der Waals surface area contributed by atoms with Gasteiger partial charge in [-0.15, -0.1) is 0 Å². The number of fused-ring (bicyclic) bond motifs is 2. The van der Waals surface area contributed by atoms with Crippen molar-refractivity contribution in [2.45, 2.75) is 12.6 Å². The largest absolute Gasteiger partial charge is 0.485 e. The Balaban J connectivity index is 1.40. The lowest BCUT2D eigenvalue weighted by atomic mass is 10.2. The van der Waals surface area contributed by atoms with Crippen molar-refractivity contribution in [3.63, 3.8) is 0 Å². The Hall–Kier alpha value is -3.02. The van der Waals surface area contributed by atoms with Crippen molar-refractivity contribution >= 4 is 11.4 Å². The van der Waals surface area contributed by atoms with Crippen LogP contribution in [0.5, 0.6) is 11.5 Å². The highest BCUT2D eigenvalue weighted by molar-refractivity contribution is 5.81. The van der Waals surface area contributed by atoms with Crippen LogP contribution in [0, 0.1) is 0 Å². The summed E-state index contributed by atoms with van der Waals surface area (Å²) in [5.41, 5.74) is 1.78. The Labute approximate surface area is 132 Å². The minimum atomic E-state index is -0.651. The van der Waals surface area contributed by atoms with Gasteiger partial charge in [0.25, 0.3) is 5.91 Å². The number of nitrogens with one attached hydrogen (secondary N) is 1. The molecule has 0 fully saturated rings. The van der Waals surface area contributed by atoms with Gasteiger partial charge in [0.15, 0.2) is 11.5 Å². The fourth-order valence-corrected chi connectivity index (χ4v) is 2.52. The van der Waals surface area contributed by atoms with Gasteiger partial charge >= 0.3 is 0 Å². The highest BCUT2D eigenvalue weighted by Gasteiger charge is 2.27. The summed E-state index contributed by atoms with van der Waals surface area (Å²) in [5, 5.41) is 7.24. The Morgan fingerprint density at radius 3 is 2.91 bits per heavy atom. The predicted octanol–water partition coefficient (Wildman–Crippen LogP) is 1.79. The van der Waals surface area contributed by atoms with E-state index in [1.807, 2.05) is 48.7 Å². The standard InChI is InChI=1S/C17H15N3O3/c21-17(16-11-22-14-6-1-2-7-15(14)23-16)18-10-12-9-13-5-3-4-8-20(13)19-12/h1-9,16H,10-11H2,(H,18,21). The number of para-hydroxylation sites is 2. The van der Waals surface area contributed by atoms with Crippen LogP contribution in [-0.4, -0.2) is 28.2 Å². The van der Waals surface area contributed by atoms with Gasteiger partial charge in [-0.1, -0.05) is 18.2 Å². The quantitative estimate of drug-likeness (QED) is 0.801. The van der Waals surface area contributed by atoms with E-state index < -0.39 is 6.10 Å². The average molecular weight is 309 g/mol. The van der Waals surface area contributed by atoms with Gasteiger partial charge in [0.1, 0.15) is 6.61 Å². The monoisotopic (exact) mass is 309 g/mol. The molecule has 0 aliphatic carbocycles. The summed E-state index contributed by atoms with van der Waals surface area (Å²) in [5.74, 6) is 1.04. The van der Waals surface area contributed by atoms with Gasteiger partial charge in [0.05, 0.1) is 17.8 Å². The van der Waals surface area contributed by atoms with E-state index in [9.17, 15) is 4.79 Å². The zero-order valence-electron chi connectivity index (χ0n) is 12.3. The van der Waals surface area contributed by atoms with E-state index in [2.05, 4.69) is 10.4 Å². The lowest BCUT2D eigenvalue weighted by molar-refractivity contribution is -0.130. The van der Waals surface area contributed by atoms with Crippen LogP contribution in [0.25, 0.3) is 5.52 Å². The maximum atomic E-state index is 12.2. The third kappa shape index (κ3) is 2.70. The Bertz CT molecular complexity index is 826. The highest BCUT2D eigenvalue weighted by atomic mass is 16.6. The third-order valence-corrected chi connectivity index (χ3v) is 3.67. The summed E-state index contributed by atoms with van der Waals surface area (Å²) >= 11 is 0. The number of hydrogen-bond acceptors (Lipinski definition) is 4. The van der Waals surface area contributed by atoms with Crippen LogP contribution in [0.3, 0.4) is 0 Å². The van der Waals surface area contributed by atoms with Crippen molar-refractivity contribution in [3.05, 3.63) is 60.4 Å². The molecule has 1 aliphatic rings. The van der Waals surface area contributed by atoms with E-state index in [-0.39, 0.29) is 12.5 Å². The molecule has 23 heavy (non-hydrogen) atoms. The van der Waals surface area contributed by atoms with Crippen LogP contribution < -0.4 is 14.8 Å². The molecule has 1 atom stereocenters. The number of carbonyl (C=O) groups is 1. The Kier molecular flexibility index (Phi) is 3.34. The Morgan fingerprint density at radius 2 is 2.04 bits per heavy atom. The van der Waals surface area contributed by atoms with E-state index in [4.69, 9.17) is 9.47 Å². The van der Waals surface area contributed by atoms with Gasteiger partial charge in [-0.2, -0.15) is 5.10 Å². The average Bonchev–Trinajstić information content (AvgIpc) is 3.02. The lowest BCUT2D eigenvalue weighted by Crippen LogP contribution is -2.43. The number of ether oxygens (including phenoxy) is 2. The lowest BCUT2D eigenvalue weighted by Gasteiger charge is -2.25. The first-order chi connectivity index (χ1) is 11.3. The number of amides is 1. The van der Waals surface area contributed by atoms with E-state index in [0.29, 0.717) is 18.0 Å². The summed E-state index contributed by atoms with van der Waals surface area (Å²) in [4.78, 5) is 12.2. The first kappa shape index (κ1) is 13.6. The van der Waals surface area contributed by atoms with Crippen LogP contribution in [0.2, 0.25) is 0 Å². The summed E-state index contributed by atoms with van der Waals surface area (Å²) in [7, 11) is 0. The first-order valence-corrected chi connectivity index (χ1v) is 7.39. The molecule has 1 unspecified atom stereocenters. The molecule has 1 amide bonds. The number of pyridine rings is 1. The van der Waals surface area contributed by atoms with Crippen molar-refractivity contribution in [2.75, 3.05) is 6.61 Å². The molecule has 0 spiro atoms.